The van der Waals surface area contributed by atoms with E-state index in [0.29, 0.717) is 29.4 Å². The van der Waals surface area contributed by atoms with Crippen LogP contribution >= 0.6 is 0 Å². The fraction of sp³-hybridized carbons (Fsp3) is 0.111. The number of hydrogen-bond acceptors (Lipinski definition) is 5. The molecule has 9 heteroatoms. The molecular weight excluding hydrogens is 463 g/mol. The molecule has 3 aromatic carbocycles. The highest BCUT2D eigenvalue weighted by Crippen LogP contribution is 2.27. The second-order valence-electron chi connectivity index (χ2n) is 8.23. The van der Waals surface area contributed by atoms with E-state index in [1.165, 1.54) is 36.4 Å². The van der Waals surface area contributed by atoms with Crippen LogP contribution in [0.15, 0.2) is 95.8 Å². The van der Waals surface area contributed by atoms with E-state index in [0.717, 1.165) is 4.68 Å². The minimum atomic E-state index is -0.517. The molecule has 0 spiro atoms. The minimum absolute atomic E-state index is 0.00670. The van der Waals surface area contributed by atoms with Crippen molar-refractivity contribution in [2.45, 2.75) is 12.5 Å². The zero-order chi connectivity index (χ0) is 25.1. The van der Waals surface area contributed by atoms with Gasteiger partial charge < -0.3 is 15.0 Å². The van der Waals surface area contributed by atoms with Crippen LogP contribution < -0.4 is 20.5 Å². The number of hydrogen-bond donors (Lipinski definition) is 1. The Morgan fingerprint density at radius 1 is 0.861 bits per heavy atom. The van der Waals surface area contributed by atoms with Gasteiger partial charge in [-0.25, -0.2) is 4.39 Å². The number of rotatable bonds is 6. The summed E-state index contributed by atoms with van der Waals surface area (Å²) < 4.78 is 20.0. The van der Waals surface area contributed by atoms with Gasteiger partial charge in [-0.2, -0.15) is 9.78 Å². The Bertz CT molecular complexity index is 1450. The van der Waals surface area contributed by atoms with E-state index in [4.69, 9.17) is 4.74 Å². The summed E-state index contributed by atoms with van der Waals surface area (Å²) in [6.45, 7) is 0.293. The Hall–Kier alpha value is -4.79. The van der Waals surface area contributed by atoms with Gasteiger partial charge in [-0.1, -0.05) is 18.2 Å². The number of para-hydroxylation sites is 1. The third-order valence-corrected chi connectivity index (χ3v) is 5.69. The van der Waals surface area contributed by atoms with Crippen molar-refractivity contribution in [1.82, 2.24) is 15.1 Å². The van der Waals surface area contributed by atoms with Crippen molar-refractivity contribution in [3.63, 3.8) is 0 Å². The molecule has 0 saturated carbocycles. The molecule has 1 fully saturated rings. The fourth-order valence-corrected chi connectivity index (χ4v) is 3.93. The first-order valence-corrected chi connectivity index (χ1v) is 11.3. The molecule has 5 rings (SSSR count). The maximum Gasteiger partial charge on any atom is 0.272 e. The predicted molar refractivity (Wildman–Crippen MR) is 131 cm³/mol. The van der Waals surface area contributed by atoms with Crippen LogP contribution in [0.2, 0.25) is 0 Å². The molecule has 4 aromatic rings. The van der Waals surface area contributed by atoms with Crippen molar-refractivity contribution in [2.24, 2.45) is 0 Å². The second-order valence-corrected chi connectivity index (χ2v) is 8.23. The number of nitrogens with zero attached hydrogens (tertiary/aromatic N) is 3. The molecule has 1 atom stereocenters. The summed E-state index contributed by atoms with van der Waals surface area (Å²) in [6, 6.07) is 23.8. The van der Waals surface area contributed by atoms with E-state index in [1.54, 1.807) is 29.2 Å². The van der Waals surface area contributed by atoms with Gasteiger partial charge in [0.05, 0.1) is 11.7 Å². The number of benzene rings is 3. The molecule has 1 aliphatic heterocycles. The number of nitrogens with one attached hydrogen (secondary N) is 1. The van der Waals surface area contributed by atoms with Gasteiger partial charge in [0.1, 0.15) is 23.0 Å². The highest BCUT2D eigenvalue weighted by Gasteiger charge is 2.32. The van der Waals surface area contributed by atoms with Crippen LogP contribution in [0.4, 0.5) is 10.1 Å². The van der Waals surface area contributed by atoms with Gasteiger partial charge in [-0.15, -0.1) is 0 Å². The van der Waals surface area contributed by atoms with E-state index >= 15 is 0 Å². The first-order chi connectivity index (χ1) is 17.5. The van der Waals surface area contributed by atoms with Crippen molar-refractivity contribution in [3.05, 3.63) is 113 Å². The average molecular weight is 484 g/mol. The number of carbonyl (C=O) groups excluding carboxylic acids is 2. The van der Waals surface area contributed by atoms with Crippen molar-refractivity contribution >= 4 is 17.5 Å². The van der Waals surface area contributed by atoms with Crippen molar-refractivity contribution in [2.75, 3.05) is 11.4 Å². The van der Waals surface area contributed by atoms with Crippen LogP contribution in [-0.2, 0) is 4.79 Å². The number of aromatic nitrogens is 2. The van der Waals surface area contributed by atoms with Crippen LogP contribution in [0, 0.1) is 5.82 Å². The standard InChI is InChI=1S/C27H21FN4O4/c28-18-6-8-21(9-7-18)32-25(33)15-14-24(30-32)27(35)29-19-16-26(34)31(17-19)20-10-12-23(13-11-20)36-22-4-2-1-3-5-22/h1-15,19H,16-17H2,(H,29,35). The molecule has 2 amide bonds. The molecule has 1 N–H and O–H groups in total. The van der Waals surface area contributed by atoms with E-state index < -0.39 is 23.3 Å². The topological polar surface area (TPSA) is 93.5 Å². The monoisotopic (exact) mass is 484 g/mol. The molecule has 36 heavy (non-hydrogen) atoms. The smallest absolute Gasteiger partial charge is 0.272 e. The molecule has 0 bridgehead atoms. The van der Waals surface area contributed by atoms with Gasteiger partial charge in [0, 0.05) is 24.7 Å². The lowest BCUT2D eigenvalue weighted by molar-refractivity contribution is -0.117. The first kappa shape index (κ1) is 23.0. The van der Waals surface area contributed by atoms with E-state index in [1.807, 2.05) is 30.3 Å². The Labute approximate surface area is 205 Å². The highest BCUT2D eigenvalue weighted by atomic mass is 19.1. The third kappa shape index (κ3) is 5.00. The lowest BCUT2D eigenvalue weighted by Crippen LogP contribution is -2.38. The van der Waals surface area contributed by atoms with Crippen LogP contribution in [0.5, 0.6) is 11.5 Å². The lowest BCUT2D eigenvalue weighted by Gasteiger charge is -2.18. The Kier molecular flexibility index (Phi) is 6.27. The van der Waals surface area contributed by atoms with Gasteiger partial charge >= 0.3 is 0 Å². The summed E-state index contributed by atoms with van der Waals surface area (Å²) in [5.41, 5.74) is 0.574. The summed E-state index contributed by atoms with van der Waals surface area (Å²) in [5, 5.41) is 6.92. The summed E-state index contributed by atoms with van der Waals surface area (Å²) >= 11 is 0. The maximum absolute atomic E-state index is 13.2. The first-order valence-electron chi connectivity index (χ1n) is 11.3. The van der Waals surface area contributed by atoms with Gasteiger partial charge in [0.25, 0.3) is 11.5 Å². The van der Waals surface area contributed by atoms with E-state index in [-0.39, 0.29) is 18.0 Å². The molecule has 8 nitrogen and oxygen atoms in total. The van der Waals surface area contributed by atoms with E-state index in [2.05, 4.69) is 10.4 Å². The van der Waals surface area contributed by atoms with Crippen LogP contribution in [-0.4, -0.2) is 34.2 Å². The zero-order valence-electron chi connectivity index (χ0n) is 19.0. The van der Waals surface area contributed by atoms with Crippen LogP contribution in [0.1, 0.15) is 16.9 Å². The number of carbonyl (C=O) groups is 2. The van der Waals surface area contributed by atoms with Crippen molar-refractivity contribution in [3.8, 4) is 17.2 Å². The summed E-state index contributed by atoms with van der Waals surface area (Å²) in [4.78, 5) is 39.3. The molecule has 0 aliphatic carbocycles. The molecule has 1 saturated heterocycles. The fourth-order valence-electron chi connectivity index (χ4n) is 3.93. The summed E-state index contributed by atoms with van der Waals surface area (Å²) in [7, 11) is 0. The third-order valence-electron chi connectivity index (χ3n) is 5.69. The minimum Gasteiger partial charge on any atom is -0.457 e. The molecule has 2 heterocycles. The predicted octanol–water partition coefficient (Wildman–Crippen LogP) is 3.70. The number of ether oxygens (including phenoxy) is 1. The molecule has 1 unspecified atom stereocenters. The molecular formula is C27H21FN4O4. The Balaban J connectivity index is 1.25. The Morgan fingerprint density at radius 3 is 2.25 bits per heavy atom. The van der Waals surface area contributed by atoms with E-state index in [9.17, 15) is 18.8 Å². The number of anilines is 1. The molecule has 1 aromatic heterocycles. The van der Waals surface area contributed by atoms with Gasteiger partial charge in [-0.05, 0) is 66.7 Å². The SMILES string of the molecule is O=C(NC1CC(=O)N(c2ccc(Oc3ccccc3)cc2)C1)c1ccc(=O)n(-c2ccc(F)cc2)n1. The zero-order valence-corrected chi connectivity index (χ0v) is 19.0. The normalized spacial score (nSPS) is 15.1. The quantitative estimate of drug-likeness (QED) is 0.451. The van der Waals surface area contributed by atoms with Gasteiger partial charge in [0.2, 0.25) is 5.91 Å². The van der Waals surface area contributed by atoms with Crippen molar-refractivity contribution < 1.29 is 18.7 Å². The average Bonchev–Trinajstić information content (AvgIpc) is 3.25. The van der Waals surface area contributed by atoms with Gasteiger partial charge in [0.15, 0.2) is 0 Å². The molecule has 180 valence electrons. The van der Waals surface area contributed by atoms with Gasteiger partial charge in [-0.3, -0.25) is 14.4 Å². The summed E-state index contributed by atoms with van der Waals surface area (Å²) in [5.74, 6) is 0.265. The highest BCUT2D eigenvalue weighted by molar-refractivity contribution is 5.98. The maximum atomic E-state index is 13.2. The largest absolute Gasteiger partial charge is 0.457 e. The summed E-state index contributed by atoms with van der Waals surface area (Å²) in [6.07, 6.45) is 0.131. The number of halogens is 1. The number of amides is 2. The molecule has 1 aliphatic rings. The van der Waals surface area contributed by atoms with Crippen molar-refractivity contribution in [1.29, 1.82) is 0 Å². The molecule has 0 radical (unpaired) electrons. The van der Waals surface area contributed by atoms with Crippen LogP contribution in [0.25, 0.3) is 5.69 Å². The Morgan fingerprint density at radius 2 is 1.53 bits per heavy atom. The lowest BCUT2D eigenvalue weighted by atomic mass is 10.2. The second kappa shape index (κ2) is 9.83. The van der Waals surface area contributed by atoms with Crippen LogP contribution in [0.3, 0.4) is 0 Å².